The van der Waals surface area contributed by atoms with Crippen LogP contribution in [0, 0.1) is 0 Å². The molecule has 0 saturated carbocycles. The molecule has 0 bridgehead atoms. The molecule has 0 heterocycles. The van der Waals surface area contributed by atoms with Gasteiger partial charge in [0.2, 0.25) is 15.9 Å². The molecule has 0 saturated heterocycles. The number of aliphatic hydroxyl groups excluding tert-OH is 1. The summed E-state index contributed by atoms with van der Waals surface area (Å²) in [5.41, 5.74) is 3.50. The SMILES string of the molecule is CNC(=O)Cc1ccc(C(Cc2ccccc2)NC[C@H](O)c2ccc(O)c(NS(C)(=O)=O)c2)cc1. The van der Waals surface area contributed by atoms with Crippen LogP contribution >= 0.6 is 0 Å². The molecule has 3 rings (SSSR count). The minimum absolute atomic E-state index is 0.0107. The standard InChI is InChI=1S/C26H31N3O5S/c1-27-26(32)15-19-8-10-20(11-9-19)22(14-18-6-4-3-5-7-18)28-17-25(31)21-12-13-24(30)23(16-21)29-35(2,33)34/h3-13,16,22,25,28-31H,14-15,17H2,1-2H3,(H,27,32)/t22?,25-/m0/s1. The second-order valence-electron chi connectivity index (χ2n) is 8.41. The molecule has 1 unspecified atom stereocenters. The van der Waals surface area contributed by atoms with Gasteiger partial charge in [0.1, 0.15) is 5.75 Å². The van der Waals surface area contributed by atoms with Crippen LogP contribution in [0.15, 0.2) is 72.8 Å². The lowest BCUT2D eigenvalue weighted by atomic mass is 9.96. The Morgan fingerprint density at radius 1 is 0.943 bits per heavy atom. The van der Waals surface area contributed by atoms with Gasteiger partial charge in [0.25, 0.3) is 0 Å². The van der Waals surface area contributed by atoms with Crippen molar-refractivity contribution >= 4 is 21.6 Å². The predicted octanol–water partition coefficient (Wildman–Crippen LogP) is 2.66. The van der Waals surface area contributed by atoms with Crippen molar-refractivity contribution in [3.8, 4) is 5.75 Å². The molecule has 0 fully saturated rings. The average Bonchev–Trinajstić information content (AvgIpc) is 2.83. The molecule has 0 aromatic heterocycles. The highest BCUT2D eigenvalue weighted by Gasteiger charge is 2.17. The minimum Gasteiger partial charge on any atom is -0.506 e. The van der Waals surface area contributed by atoms with E-state index in [-0.39, 0.29) is 29.9 Å². The van der Waals surface area contributed by atoms with Gasteiger partial charge < -0.3 is 20.8 Å². The van der Waals surface area contributed by atoms with E-state index < -0.39 is 16.1 Å². The zero-order valence-corrected chi connectivity index (χ0v) is 20.5. The van der Waals surface area contributed by atoms with Gasteiger partial charge in [-0.1, -0.05) is 60.7 Å². The number of hydrogen-bond donors (Lipinski definition) is 5. The number of carbonyl (C=O) groups is 1. The molecular formula is C26H31N3O5S. The molecule has 3 aromatic carbocycles. The minimum atomic E-state index is -3.58. The van der Waals surface area contributed by atoms with Gasteiger partial charge in [0.05, 0.1) is 24.5 Å². The Kier molecular flexibility index (Phi) is 8.86. The van der Waals surface area contributed by atoms with Gasteiger partial charge in [0, 0.05) is 19.6 Å². The van der Waals surface area contributed by atoms with E-state index in [9.17, 15) is 23.4 Å². The largest absolute Gasteiger partial charge is 0.506 e. The highest BCUT2D eigenvalue weighted by atomic mass is 32.2. The van der Waals surface area contributed by atoms with Crippen LogP contribution in [-0.2, 0) is 27.7 Å². The number of likely N-dealkylation sites (N-methyl/N-ethyl adjacent to an activating group) is 1. The van der Waals surface area contributed by atoms with Crippen LogP contribution in [0.3, 0.4) is 0 Å². The van der Waals surface area contributed by atoms with E-state index in [1.54, 1.807) is 13.1 Å². The summed E-state index contributed by atoms with van der Waals surface area (Å²) in [4.78, 5) is 11.7. The molecule has 0 aliphatic rings. The number of benzene rings is 3. The van der Waals surface area contributed by atoms with E-state index >= 15 is 0 Å². The van der Waals surface area contributed by atoms with Crippen molar-refractivity contribution in [1.29, 1.82) is 0 Å². The lowest BCUT2D eigenvalue weighted by Gasteiger charge is -2.22. The van der Waals surface area contributed by atoms with Crippen molar-refractivity contribution in [2.75, 3.05) is 24.6 Å². The number of amides is 1. The Hall–Kier alpha value is -3.40. The maximum atomic E-state index is 11.7. The van der Waals surface area contributed by atoms with Crippen LogP contribution in [0.1, 0.15) is 34.4 Å². The number of carbonyl (C=O) groups excluding carboxylic acids is 1. The molecule has 0 spiro atoms. The molecule has 0 aliphatic carbocycles. The lowest BCUT2D eigenvalue weighted by molar-refractivity contribution is -0.119. The summed E-state index contributed by atoms with van der Waals surface area (Å²) in [6.07, 6.45) is 1.03. The first kappa shape index (κ1) is 26.2. The van der Waals surface area contributed by atoms with E-state index in [2.05, 4.69) is 15.4 Å². The van der Waals surface area contributed by atoms with E-state index in [0.29, 0.717) is 18.4 Å². The molecule has 1 amide bonds. The first-order valence-electron chi connectivity index (χ1n) is 11.2. The summed E-state index contributed by atoms with van der Waals surface area (Å²) in [5, 5.41) is 26.8. The van der Waals surface area contributed by atoms with Crippen LogP contribution in [0.2, 0.25) is 0 Å². The normalized spacial score (nSPS) is 13.1. The maximum Gasteiger partial charge on any atom is 0.229 e. The van der Waals surface area contributed by atoms with Crippen molar-refractivity contribution in [1.82, 2.24) is 10.6 Å². The third-order valence-electron chi connectivity index (χ3n) is 5.57. The number of sulfonamides is 1. The van der Waals surface area contributed by atoms with Gasteiger partial charge in [0.15, 0.2) is 0 Å². The van der Waals surface area contributed by atoms with Crippen LogP contribution < -0.4 is 15.4 Å². The van der Waals surface area contributed by atoms with Crippen LogP contribution in [0.4, 0.5) is 5.69 Å². The number of phenols is 1. The van der Waals surface area contributed by atoms with E-state index in [1.807, 2.05) is 54.6 Å². The predicted molar refractivity (Wildman–Crippen MR) is 137 cm³/mol. The third kappa shape index (κ3) is 8.10. The van der Waals surface area contributed by atoms with Crippen molar-refractivity contribution in [2.45, 2.75) is 25.0 Å². The number of hydrogen-bond acceptors (Lipinski definition) is 6. The summed E-state index contributed by atoms with van der Waals surface area (Å²) in [5.74, 6) is -0.281. The molecular weight excluding hydrogens is 466 g/mol. The monoisotopic (exact) mass is 497 g/mol. The molecule has 3 aromatic rings. The smallest absolute Gasteiger partial charge is 0.229 e. The maximum absolute atomic E-state index is 11.7. The van der Waals surface area contributed by atoms with E-state index in [0.717, 1.165) is 22.9 Å². The first-order valence-corrected chi connectivity index (χ1v) is 13.1. The number of nitrogens with one attached hydrogen (secondary N) is 3. The number of aliphatic hydroxyl groups is 1. The summed E-state index contributed by atoms with van der Waals surface area (Å²) < 4.78 is 25.4. The van der Waals surface area contributed by atoms with Crippen LogP contribution in [0.25, 0.3) is 0 Å². The Labute approximate surface area is 206 Å². The molecule has 8 nitrogen and oxygen atoms in total. The third-order valence-corrected chi connectivity index (χ3v) is 6.16. The fourth-order valence-electron chi connectivity index (χ4n) is 3.71. The molecule has 186 valence electrons. The number of aromatic hydroxyl groups is 1. The van der Waals surface area contributed by atoms with Crippen molar-refractivity contribution < 1.29 is 23.4 Å². The van der Waals surface area contributed by atoms with Gasteiger partial charge in [-0.2, -0.15) is 0 Å². The number of phenolic OH excluding ortho intramolecular Hbond substituents is 1. The summed E-state index contributed by atoms with van der Waals surface area (Å²) in [6, 6.07) is 22.0. The number of anilines is 1. The molecule has 9 heteroatoms. The Morgan fingerprint density at radius 3 is 2.23 bits per heavy atom. The van der Waals surface area contributed by atoms with E-state index in [4.69, 9.17) is 0 Å². The van der Waals surface area contributed by atoms with Gasteiger partial charge in [-0.15, -0.1) is 0 Å². The van der Waals surface area contributed by atoms with E-state index in [1.165, 1.54) is 12.1 Å². The van der Waals surface area contributed by atoms with Crippen molar-refractivity contribution in [2.24, 2.45) is 0 Å². The van der Waals surface area contributed by atoms with Crippen molar-refractivity contribution in [3.05, 3.63) is 95.1 Å². The Bertz CT molecular complexity index is 1230. The molecule has 2 atom stereocenters. The quantitative estimate of drug-likeness (QED) is 0.259. The lowest BCUT2D eigenvalue weighted by Crippen LogP contribution is -2.28. The highest BCUT2D eigenvalue weighted by molar-refractivity contribution is 7.92. The summed E-state index contributed by atoms with van der Waals surface area (Å²) >= 11 is 0. The second kappa shape index (κ2) is 11.8. The second-order valence-corrected chi connectivity index (χ2v) is 10.2. The number of rotatable bonds is 11. The average molecular weight is 498 g/mol. The zero-order chi connectivity index (χ0) is 25.4. The van der Waals surface area contributed by atoms with Gasteiger partial charge >= 0.3 is 0 Å². The Morgan fingerprint density at radius 2 is 1.60 bits per heavy atom. The summed E-state index contributed by atoms with van der Waals surface area (Å²) in [7, 11) is -1.98. The van der Waals surface area contributed by atoms with Crippen LogP contribution in [-0.4, -0.2) is 44.4 Å². The molecule has 0 radical (unpaired) electrons. The zero-order valence-electron chi connectivity index (χ0n) is 19.7. The molecule has 5 N–H and O–H groups in total. The van der Waals surface area contributed by atoms with Crippen LogP contribution in [0.5, 0.6) is 5.75 Å². The summed E-state index contributed by atoms with van der Waals surface area (Å²) in [6.45, 7) is 0.195. The van der Waals surface area contributed by atoms with Gasteiger partial charge in [-0.25, -0.2) is 8.42 Å². The van der Waals surface area contributed by atoms with Crippen molar-refractivity contribution in [3.63, 3.8) is 0 Å². The fraction of sp³-hybridized carbons (Fsp3) is 0.269. The van der Waals surface area contributed by atoms with Gasteiger partial charge in [-0.3, -0.25) is 9.52 Å². The van der Waals surface area contributed by atoms with Gasteiger partial charge in [-0.05, 0) is 40.8 Å². The topological polar surface area (TPSA) is 128 Å². The highest BCUT2D eigenvalue weighted by Crippen LogP contribution is 2.28. The molecule has 0 aliphatic heterocycles. The molecule has 35 heavy (non-hydrogen) atoms. The Balaban J connectivity index is 1.76. The fourth-order valence-corrected chi connectivity index (χ4v) is 4.28. The first-order chi connectivity index (χ1) is 16.6.